The molecule has 0 radical (unpaired) electrons. The number of hydrogen-bond donors (Lipinski definition) is 1. The van der Waals surface area contributed by atoms with Crippen molar-refractivity contribution in [2.24, 2.45) is 0 Å². The van der Waals surface area contributed by atoms with Crippen molar-refractivity contribution in [3.63, 3.8) is 0 Å². The van der Waals surface area contributed by atoms with Crippen LogP contribution in [0.2, 0.25) is 5.02 Å². The van der Waals surface area contributed by atoms with Gasteiger partial charge >= 0.3 is 6.18 Å². The van der Waals surface area contributed by atoms with Gasteiger partial charge in [0.15, 0.2) is 17.0 Å². The molecule has 6 nitrogen and oxygen atoms in total. The van der Waals surface area contributed by atoms with Gasteiger partial charge in [0.2, 0.25) is 0 Å². The van der Waals surface area contributed by atoms with Crippen molar-refractivity contribution in [2.75, 3.05) is 12.4 Å². The number of aromatic nitrogens is 3. The molecule has 30 heavy (non-hydrogen) atoms. The molecule has 3 aromatic heterocycles. The first kappa shape index (κ1) is 20.2. The van der Waals surface area contributed by atoms with Crippen LogP contribution in [0.15, 0.2) is 47.8 Å². The van der Waals surface area contributed by atoms with Gasteiger partial charge in [0.1, 0.15) is 5.75 Å². The molecule has 0 unspecified atom stereocenters. The Morgan fingerprint density at radius 1 is 1.23 bits per heavy atom. The van der Waals surface area contributed by atoms with Crippen LogP contribution in [0.1, 0.15) is 16.2 Å². The number of amides is 1. The van der Waals surface area contributed by atoms with Gasteiger partial charge in [-0.2, -0.15) is 18.3 Å². The number of hydrogen-bond acceptors (Lipinski definition) is 5. The average molecular weight is 453 g/mol. The summed E-state index contributed by atoms with van der Waals surface area (Å²) in [4.78, 5) is 17.4. The lowest BCUT2D eigenvalue weighted by Gasteiger charge is -2.10. The first-order chi connectivity index (χ1) is 14.3. The minimum atomic E-state index is -4.69. The molecular weight excluding hydrogens is 441 g/mol. The van der Waals surface area contributed by atoms with Crippen LogP contribution in [-0.4, -0.2) is 27.6 Å². The van der Waals surface area contributed by atoms with Crippen molar-refractivity contribution in [1.29, 1.82) is 0 Å². The zero-order valence-electron chi connectivity index (χ0n) is 15.2. The minimum Gasteiger partial charge on any atom is -0.495 e. The lowest BCUT2D eigenvalue weighted by molar-refractivity contribution is -0.142. The van der Waals surface area contributed by atoms with E-state index >= 15 is 0 Å². The number of anilines is 1. The SMILES string of the molecule is COc1cc(Cl)ccc1NC(=O)c1cc2nc(-c3cccs3)cc(C(F)(F)F)n2n1. The molecule has 0 aliphatic rings. The van der Waals surface area contributed by atoms with E-state index in [9.17, 15) is 18.0 Å². The Morgan fingerprint density at radius 2 is 2.03 bits per heavy atom. The van der Waals surface area contributed by atoms with Crippen molar-refractivity contribution in [2.45, 2.75) is 6.18 Å². The highest BCUT2D eigenvalue weighted by atomic mass is 35.5. The topological polar surface area (TPSA) is 68.5 Å². The van der Waals surface area contributed by atoms with Crippen LogP contribution in [-0.2, 0) is 6.18 Å². The van der Waals surface area contributed by atoms with Crippen LogP contribution in [0.4, 0.5) is 18.9 Å². The van der Waals surface area contributed by atoms with Crippen molar-refractivity contribution < 1.29 is 22.7 Å². The number of methoxy groups -OCH3 is 1. The number of alkyl halides is 3. The standard InChI is InChI=1S/C19H12ClF3N4O2S/c1-29-14-7-10(20)4-5-11(14)25-18(28)13-9-17-24-12(15-3-2-6-30-15)8-16(19(21,22)23)27(17)26-13/h2-9H,1H3,(H,25,28). The normalized spacial score (nSPS) is 11.6. The molecule has 0 saturated heterocycles. The quantitative estimate of drug-likeness (QED) is 0.450. The first-order valence-electron chi connectivity index (χ1n) is 8.43. The van der Waals surface area contributed by atoms with Gasteiger partial charge < -0.3 is 10.1 Å². The van der Waals surface area contributed by atoms with E-state index in [2.05, 4.69) is 15.4 Å². The predicted molar refractivity (Wildman–Crippen MR) is 107 cm³/mol. The van der Waals surface area contributed by atoms with E-state index in [1.54, 1.807) is 23.6 Å². The van der Waals surface area contributed by atoms with E-state index < -0.39 is 17.8 Å². The summed E-state index contributed by atoms with van der Waals surface area (Å²) in [5, 5.41) is 8.53. The maximum absolute atomic E-state index is 13.6. The summed E-state index contributed by atoms with van der Waals surface area (Å²) in [6, 6.07) is 10.1. The molecule has 3 heterocycles. The molecule has 4 aromatic rings. The fourth-order valence-corrected chi connectivity index (χ4v) is 3.64. The molecule has 0 atom stereocenters. The van der Waals surface area contributed by atoms with Gasteiger partial charge in [-0.25, -0.2) is 9.50 Å². The third-order valence-corrected chi connectivity index (χ3v) is 5.26. The zero-order chi connectivity index (χ0) is 21.5. The number of ether oxygens (including phenoxy) is 1. The van der Waals surface area contributed by atoms with Crippen LogP contribution >= 0.6 is 22.9 Å². The highest BCUT2D eigenvalue weighted by molar-refractivity contribution is 7.13. The number of carbonyl (C=O) groups excluding carboxylic acids is 1. The van der Waals surface area contributed by atoms with Crippen molar-refractivity contribution >= 4 is 40.2 Å². The van der Waals surface area contributed by atoms with E-state index in [0.29, 0.717) is 25.9 Å². The zero-order valence-corrected chi connectivity index (χ0v) is 16.8. The molecule has 0 fully saturated rings. The van der Waals surface area contributed by atoms with E-state index in [4.69, 9.17) is 16.3 Å². The summed E-state index contributed by atoms with van der Waals surface area (Å²) in [5.41, 5.74) is -0.905. The second-order valence-corrected chi connectivity index (χ2v) is 7.48. The molecule has 0 aliphatic heterocycles. The highest BCUT2D eigenvalue weighted by Crippen LogP contribution is 2.34. The maximum Gasteiger partial charge on any atom is 0.433 e. The molecular formula is C19H12ClF3N4O2S. The Bertz CT molecular complexity index is 1240. The van der Waals surface area contributed by atoms with E-state index in [1.165, 1.54) is 36.6 Å². The van der Waals surface area contributed by atoms with Gasteiger partial charge in [0, 0.05) is 17.2 Å². The number of nitrogens with zero attached hydrogens (tertiary/aromatic N) is 3. The van der Waals surface area contributed by atoms with Gasteiger partial charge in [-0.3, -0.25) is 4.79 Å². The Morgan fingerprint density at radius 3 is 2.70 bits per heavy atom. The third kappa shape index (κ3) is 3.83. The van der Waals surface area contributed by atoms with Gasteiger partial charge in [-0.15, -0.1) is 11.3 Å². The molecule has 11 heteroatoms. The van der Waals surface area contributed by atoms with E-state index in [1.807, 2.05) is 0 Å². The first-order valence-corrected chi connectivity index (χ1v) is 9.69. The number of rotatable bonds is 4. The number of carbonyl (C=O) groups is 1. The molecule has 4 rings (SSSR count). The van der Waals surface area contributed by atoms with Crippen molar-refractivity contribution in [3.8, 4) is 16.3 Å². The summed E-state index contributed by atoms with van der Waals surface area (Å²) in [6.45, 7) is 0. The lowest BCUT2D eigenvalue weighted by atomic mass is 10.2. The largest absolute Gasteiger partial charge is 0.495 e. The molecule has 1 N–H and O–H groups in total. The van der Waals surface area contributed by atoms with Crippen LogP contribution < -0.4 is 10.1 Å². The molecule has 0 spiro atoms. The highest BCUT2D eigenvalue weighted by Gasteiger charge is 2.35. The van der Waals surface area contributed by atoms with Gasteiger partial charge in [0.05, 0.1) is 23.4 Å². The Hall–Kier alpha value is -3.11. The summed E-state index contributed by atoms with van der Waals surface area (Å²) in [7, 11) is 1.40. The molecule has 0 bridgehead atoms. The number of fused-ring (bicyclic) bond motifs is 1. The Kier molecular flexibility index (Phi) is 5.12. The fraction of sp³-hybridized carbons (Fsp3) is 0.105. The Labute approximate surface area is 176 Å². The van der Waals surface area contributed by atoms with Crippen LogP contribution in [0.5, 0.6) is 5.75 Å². The van der Waals surface area contributed by atoms with Gasteiger partial charge in [0.25, 0.3) is 5.91 Å². The number of thiophene rings is 1. The second-order valence-electron chi connectivity index (χ2n) is 6.10. The molecule has 0 aliphatic carbocycles. The van der Waals surface area contributed by atoms with Gasteiger partial charge in [-0.05, 0) is 29.6 Å². The smallest absolute Gasteiger partial charge is 0.433 e. The maximum atomic E-state index is 13.6. The number of nitrogens with one attached hydrogen (secondary N) is 1. The summed E-state index contributed by atoms with van der Waals surface area (Å²) >= 11 is 7.16. The van der Waals surface area contributed by atoms with Crippen LogP contribution in [0.3, 0.4) is 0 Å². The molecule has 0 saturated carbocycles. The predicted octanol–water partition coefficient (Wildman–Crippen LogP) is 5.39. The minimum absolute atomic E-state index is 0.0959. The molecule has 154 valence electrons. The number of halogens is 4. The monoisotopic (exact) mass is 452 g/mol. The second kappa shape index (κ2) is 7.62. The van der Waals surface area contributed by atoms with Crippen LogP contribution in [0.25, 0.3) is 16.2 Å². The van der Waals surface area contributed by atoms with Gasteiger partial charge in [-0.1, -0.05) is 17.7 Å². The number of benzene rings is 1. The summed E-state index contributed by atoms with van der Waals surface area (Å²) < 4.78 is 46.6. The molecule has 1 amide bonds. The summed E-state index contributed by atoms with van der Waals surface area (Å²) in [6.07, 6.45) is -4.69. The fourth-order valence-electron chi connectivity index (χ4n) is 2.79. The van der Waals surface area contributed by atoms with E-state index in [-0.39, 0.29) is 17.0 Å². The van der Waals surface area contributed by atoms with Crippen molar-refractivity contribution in [1.82, 2.24) is 14.6 Å². The lowest BCUT2D eigenvalue weighted by Crippen LogP contribution is -2.16. The average Bonchev–Trinajstić information content (AvgIpc) is 3.37. The van der Waals surface area contributed by atoms with Crippen molar-refractivity contribution in [3.05, 3.63) is 64.3 Å². The molecule has 1 aromatic carbocycles. The summed E-state index contributed by atoms with van der Waals surface area (Å²) in [5.74, 6) is -0.416. The third-order valence-electron chi connectivity index (χ3n) is 4.14. The van der Waals surface area contributed by atoms with E-state index in [0.717, 1.165) is 6.07 Å². The van der Waals surface area contributed by atoms with Crippen LogP contribution in [0, 0.1) is 0 Å². The Balaban J connectivity index is 1.76.